The molecule has 0 aromatic carbocycles. The maximum absolute atomic E-state index is 6.25. The van der Waals surface area contributed by atoms with Gasteiger partial charge in [0.05, 0.1) is 12.2 Å². The van der Waals surface area contributed by atoms with Crippen molar-refractivity contribution < 1.29 is 4.74 Å². The molecule has 3 fully saturated rings. The first-order chi connectivity index (χ1) is 8.39. The fraction of sp³-hybridized carbons (Fsp3) is 1.00. The molecule has 2 atom stereocenters. The molecule has 1 spiro atoms. The largest absolute Gasteiger partial charge is 0.371 e. The molecular weight excluding hydrogens is 230 g/mol. The zero-order valence-corrected chi connectivity index (χ0v) is 11.6. The number of ether oxygens (including phenoxy) is 1. The van der Waals surface area contributed by atoms with Gasteiger partial charge >= 0.3 is 0 Å². The number of rotatable bonds is 2. The van der Waals surface area contributed by atoms with Crippen LogP contribution in [-0.2, 0) is 4.74 Å². The summed E-state index contributed by atoms with van der Waals surface area (Å²) in [6.07, 6.45) is 9.82. The van der Waals surface area contributed by atoms with Gasteiger partial charge < -0.3 is 10.1 Å². The second-order valence-corrected chi connectivity index (χ2v) is 7.07. The highest BCUT2D eigenvalue weighted by Gasteiger charge is 2.43. The highest BCUT2D eigenvalue weighted by Crippen LogP contribution is 2.39. The molecule has 2 aliphatic heterocycles. The van der Waals surface area contributed by atoms with Gasteiger partial charge in [-0.15, -0.1) is 0 Å². The Hall–Kier alpha value is 0.270. The van der Waals surface area contributed by atoms with Crippen molar-refractivity contribution >= 4 is 11.8 Å². The second kappa shape index (κ2) is 5.50. The van der Waals surface area contributed by atoms with Gasteiger partial charge in [0.15, 0.2) is 0 Å². The van der Waals surface area contributed by atoms with Crippen LogP contribution in [0.4, 0.5) is 0 Å². The van der Waals surface area contributed by atoms with E-state index in [1.165, 1.54) is 56.5 Å². The Bertz CT molecular complexity index is 238. The van der Waals surface area contributed by atoms with Crippen LogP contribution >= 0.6 is 11.8 Å². The summed E-state index contributed by atoms with van der Waals surface area (Å²) in [5.41, 5.74) is 0.184. The Labute approximate surface area is 109 Å². The fourth-order valence-electron chi connectivity index (χ4n) is 3.83. The van der Waals surface area contributed by atoms with Crippen molar-refractivity contribution in [1.82, 2.24) is 5.32 Å². The molecule has 0 radical (unpaired) electrons. The summed E-state index contributed by atoms with van der Waals surface area (Å²) in [4.78, 5) is 0. The second-order valence-electron chi connectivity index (χ2n) is 5.96. The summed E-state index contributed by atoms with van der Waals surface area (Å²) in [5, 5.41) is 3.77. The van der Waals surface area contributed by atoms with E-state index >= 15 is 0 Å². The van der Waals surface area contributed by atoms with Crippen LogP contribution in [-0.4, -0.2) is 36.3 Å². The van der Waals surface area contributed by atoms with Crippen molar-refractivity contribution in [2.24, 2.45) is 5.92 Å². The van der Waals surface area contributed by atoms with E-state index < -0.39 is 0 Å². The first-order valence-electron chi connectivity index (χ1n) is 7.34. The van der Waals surface area contributed by atoms with Gasteiger partial charge in [0.25, 0.3) is 0 Å². The molecule has 17 heavy (non-hydrogen) atoms. The zero-order valence-electron chi connectivity index (χ0n) is 10.7. The molecule has 98 valence electrons. The molecule has 0 aromatic heterocycles. The summed E-state index contributed by atoms with van der Waals surface area (Å²) in [6.45, 7) is 1.98. The van der Waals surface area contributed by atoms with Crippen LogP contribution in [0.25, 0.3) is 0 Å². The molecule has 3 rings (SSSR count). The van der Waals surface area contributed by atoms with Crippen LogP contribution < -0.4 is 5.32 Å². The van der Waals surface area contributed by atoms with E-state index in [0.717, 1.165) is 19.1 Å². The van der Waals surface area contributed by atoms with Crippen LogP contribution in [0.15, 0.2) is 0 Å². The maximum Gasteiger partial charge on any atom is 0.0925 e. The third kappa shape index (κ3) is 2.66. The van der Waals surface area contributed by atoms with E-state index in [1.54, 1.807) is 0 Å². The predicted octanol–water partition coefficient (Wildman–Crippen LogP) is 2.82. The van der Waals surface area contributed by atoms with Gasteiger partial charge in [-0.25, -0.2) is 0 Å². The van der Waals surface area contributed by atoms with Crippen molar-refractivity contribution in [3.63, 3.8) is 0 Å². The normalized spacial score (nSPS) is 39.9. The minimum atomic E-state index is 0.184. The minimum absolute atomic E-state index is 0.184. The Balaban J connectivity index is 1.65. The van der Waals surface area contributed by atoms with E-state index in [9.17, 15) is 0 Å². The molecule has 2 nitrogen and oxygen atoms in total. The van der Waals surface area contributed by atoms with Gasteiger partial charge in [-0.3, -0.25) is 0 Å². The summed E-state index contributed by atoms with van der Waals surface area (Å²) >= 11 is 2.10. The summed E-state index contributed by atoms with van der Waals surface area (Å²) in [5.74, 6) is 3.52. The van der Waals surface area contributed by atoms with Crippen molar-refractivity contribution in [1.29, 1.82) is 0 Å². The Morgan fingerprint density at radius 2 is 2.12 bits per heavy atom. The third-order valence-electron chi connectivity index (χ3n) is 4.80. The molecule has 2 unspecified atom stereocenters. The van der Waals surface area contributed by atoms with Gasteiger partial charge in [0.1, 0.15) is 0 Å². The molecule has 3 aliphatic rings. The van der Waals surface area contributed by atoms with E-state index in [2.05, 4.69) is 17.1 Å². The van der Waals surface area contributed by atoms with Gasteiger partial charge in [-0.1, -0.05) is 25.7 Å². The van der Waals surface area contributed by atoms with Crippen molar-refractivity contribution in [2.45, 2.75) is 56.6 Å². The molecule has 1 N–H and O–H groups in total. The van der Waals surface area contributed by atoms with Crippen LogP contribution in [0.5, 0.6) is 0 Å². The fourth-order valence-corrected chi connectivity index (χ4v) is 5.10. The quantitative estimate of drug-likeness (QED) is 0.820. The van der Waals surface area contributed by atoms with Gasteiger partial charge in [0.2, 0.25) is 0 Å². The number of nitrogens with one attached hydrogen (secondary N) is 1. The molecule has 2 heterocycles. The third-order valence-corrected chi connectivity index (χ3v) is 6.07. The molecule has 1 aliphatic carbocycles. The molecule has 0 amide bonds. The van der Waals surface area contributed by atoms with Gasteiger partial charge in [-0.2, -0.15) is 11.8 Å². The Kier molecular flexibility index (Phi) is 3.98. The molecule has 2 saturated heterocycles. The van der Waals surface area contributed by atoms with Crippen LogP contribution in [0.3, 0.4) is 0 Å². The molecular formula is C14H25NOS. The number of hydrogen-bond donors (Lipinski definition) is 1. The first-order valence-corrected chi connectivity index (χ1v) is 8.50. The first kappa shape index (κ1) is 12.3. The van der Waals surface area contributed by atoms with Crippen LogP contribution in [0.2, 0.25) is 0 Å². The molecule has 1 saturated carbocycles. The summed E-state index contributed by atoms with van der Waals surface area (Å²) in [6, 6.07) is 0.632. The highest BCUT2D eigenvalue weighted by atomic mass is 32.2. The van der Waals surface area contributed by atoms with E-state index in [0.29, 0.717) is 6.04 Å². The van der Waals surface area contributed by atoms with Crippen LogP contribution in [0.1, 0.15) is 44.9 Å². The average Bonchev–Trinajstić information content (AvgIpc) is 2.86. The maximum atomic E-state index is 6.25. The van der Waals surface area contributed by atoms with Crippen molar-refractivity contribution in [2.75, 3.05) is 24.7 Å². The number of thioether (sulfide) groups is 1. The molecule has 0 aromatic rings. The Morgan fingerprint density at radius 3 is 2.88 bits per heavy atom. The highest BCUT2D eigenvalue weighted by molar-refractivity contribution is 7.99. The lowest BCUT2D eigenvalue weighted by atomic mass is 9.83. The van der Waals surface area contributed by atoms with Crippen molar-refractivity contribution in [3.8, 4) is 0 Å². The lowest BCUT2D eigenvalue weighted by Crippen LogP contribution is -2.60. The molecule has 3 heteroatoms. The van der Waals surface area contributed by atoms with Crippen LogP contribution in [0, 0.1) is 5.92 Å². The van der Waals surface area contributed by atoms with E-state index in [4.69, 9.17) is 4.74 Å². The monoisotopic (exact) mass is 255 g/mol. The average molecular weight is 255 g/mol. The summed E-state index contributed by atoms with van der Waals surface area (Å²) < 4.78 is 6.25. The van der Waals surface area contributed by atoms with Crippen molar-refractivity contribution in [3.05, 3.63) is 0 Å². The van der Waals surface area contributed by atoms with Gasteiger partial charge in [-0.05, 0) is 30.9 Å². The standard InChI is InChI=1S/C14H25NOS/c1-2-5-12(4-1)10-13-14(16-8-7-15-13)6-3-9-17-11-14/h12-13,15H,1-11H2. The lowest BCUT2D eigenvalue weighted by Gasteiger charge is -2.47. The summed E-state index contributed by atoms with van der Waals surface area (Å²) in [7, 11) is 0. The minimum Gasteiger partial charge on any atom is -0.371 e. The van der Waals surface area contributed by atoms with E-state index in [-0.39, 0.29) is 5.60 Å². The zero-order chi connectivity index (χ0) is 11.6. The topological polar surface area (TPSA) is 21.3 Å². The van der Waals surface area contributed by atoms with Gasteiger partial charge in [0, 0.05) is 18.3 Å². The van der Waals surface area contributed by atoms with E-state index in [1.807, 2.05) is 0 Å². The number of hydrogen-bond acceptors (Lipinski definition) is 3. The smallest absolute Gasteiger partial charge is 0.0925 e. The SMILES string of the molecule is C1CCC(CC2NCCOC23CCCSC3)C1. The predicted molar refractivity (Wildman–Crippen MR) is 73.6 cm³/mol. The lowest BCUT2D eigenvalue weighted by molar-refractivity contribution is -0.0921. The molecule has 0 bridgehead atoms. The number of morpholine rings is 1. The Morgan fingerprint density at radius 1 is 1.24 bits per heavy atom.